The Morgan fingerprint density at radius 2 is 2.37 bits per heavy atom. The van der Waals surface area contributed by atoms with Crippen LogP contribution in [0.4, 0.5) is 9.52 Å². The standard InChI is InChI=1S/C12H12FN3O2S/c1-18-15-11(17)7-5-16(6-7)12-14-9-3-2-8(13)4-10(9)19-12/h2-4,7H,5-6H2,1H3,(H,15,17). The smallest absolute Gasteiger partial charge is 0.250 e. The zero-order valence-corrected chi connectivity index (χ0v) is 11.0. The Morgan fingerprint density at radius 1 is 1.58 bits per heavy atom. The molecule has 0 atom stereocenters. The Balaban J connectivity index is 1.72. The molecule has 1 amide bonds. The van der Waals surface area contributed by atoms with Crippen molar-refractivity contribution in [2.45, 2.75) is 0 Å². The van der Waals surface area contributed by atoms with Crippen molar-refractivity contribution in [1.29, 1.82) is 0 Å². The predicted octanol–water partition coefficient (Wildman–Crippen LogP) is 1.55. The molecule has 19 heavy (non-hydrogen) atoms. The van der Waals surface area contributed by atoms with Crippen LogP contribution < -0.4 is 10.4 Å². The second-order valence-corrected chi connectivity index (χ2v) is 5.39. The number of benzene rings is 1. The first-order valence-corrected chi connectivity index (χ1v) is 6.63. The van der Waals surface area contributed by atoms with E-state index in [-0.39, 0.29) is 17.6 Å². The maximum absolute atomic E-state index is 13.1. The van der Waals surface area contributed by atoms with Crippen LogP contribution in [-0.4, -0.2) is 31.1 Å². The van der Waals surface area contributed by atoms with Crippen LogP contribution in [0.1, 0.15) is 0 Å². The van der Waals surface area contributed by atoms with Gasteiger partial charge < -0.3 is 4.90 Å². The van der Waals surface area contributed by atoms with Gasteiger partial charge in [0.25, 0.3) is 0 Å². The summed E-state index contributed by atoms with van der Waals surface area (Å²) in [5.41, 5.74) is 3.10. The van der Waals surface area contributed by atoms with Crippen molar-refractivity contribution in [2.75, 3.05) is 25.1 Å². The van der Waals surface area contributed by atoms with Crippen LogP contribution >= 0.6 is 11.3 Å². The minimum Gasteiger partial charge on any atom is -0.346 e. The average molecular weight is 281 g/mol. The van der Waals surface area contributed by atoms with E-state index in [4.69, 9.17) is 0 Å². The minimum atomic E-state index is -0.261. The van der Waals surface area contributed by atoms with Gasteiger partial charge in [0.2, 0.25) is 5.91 Å². The van der Waals surface area contributed by atoms with Gasteiger partial charge in [0.1, 0.15) is 5.82 Å². The van der Waals surface area contributed by atoms with E-state index in [2.05, 4.69) is 15.3 Å². The van der Waals surface area contributed by atoms with Gasteiger partial charge in [-0.15, -0.1) is 0 Å². The number of thiazole rings is 1. The second-order valence-electron chi connectivity index (χ2n) is 4.38. The maximum atomic E-state index is 13.1. The SMILES string of the molecule is CONC(=O)C1CN(c2nc3ccc(F)cc3s2)C1. The van der Waals surface area contributed by atoms with Crippen LogP contribution in [0.3, 0.4) is 0 Å². The van der Waals surface area contributed by atoms with E-state index in [1.165, 1.54) is 30.6 Å². The molecule has 1 aromatic carbocycles. The Kier molecular flexibility index (Phi) is 3.08. The van der Waals surface area contributed by atoms with Crippen molar-refractivity contribution in [3.63, 3.8) is 0 Å². The van der Waals surface area contributed by atoms with Crippen LogP contribution in [0.2, 0.25) is 0 Å². The van der Waals surface area contributed by atoms with Gasteiger partial charge >= 0.3 is 0 Å². The van der Waals surface area contributed by atoms with Gasteiger partial charge in [0, 0.05) is 13.1 Å². The summed E-state index contributed by atoms with van der Waals surface area (Å²) in [6, 6.07) is 4.54. The lowest BCUT2D eigenvalue weighted by molar-refractivity contribution is -0.136. The average Bonchev–Trinajstić information content (AvgIpc) is 2.69. The highest BCUT2D eigenvalue weighted by Gasteiger charge is 2.34. The molecule has 1 saturated heterocycles. The zero-order chi connectivity index (χ0) is 13.4. The van der Waals surface area contributed by atoms with E-state index in [9.17, 15) is 9.18 Å². The second kappa shape index (κ2) is 4.75. The van der Waals surface area contributed by atoms with E-state index in [0.29, 0.717) is 13.1 Å². The van der Waals surface area contributed by atoms with Gasteiger partial charge in [-0.05, 0) is 18.2 Å². The summed E-state index contributed by atoms with van der Waals surface area (Å²) in [6.07, 6.45) is 0. The van der Waals surface area contributed by atoms with Crippen LogP contribution in [-0.2, 0) is 9.63 Å². The third kappa shape index (κ3) is 2.26. The lowest BCUT2D eigenvalue weighted by Gasteiger charge is -2.37. The number of carbonyl (C=O) groups excluding carboxylic acids is 1. The lowest BCUT2D eigenvalue weighted by atomic mass is 10.0. The van der Waals surface area contributed by atoms with Crippen LogP contribution in [0.25, 0.3) is 10.2 Å². The molecule has 3 rings (SSSR count). The quantitative estimate of drug-likeness (QED) is 0.867. The Morgan fingerprint density at radius 3 is 3.11 bits per heavy atom. The third-order valence-electron chi connectivity index (χ3n) is 3.06. The summed E-state index contributed by atoms with van der Waals surface area (Å²) in [4.78, 5) is 22.5. The number of hydrogen-bond acceptors (Lipinski definition) is 5. The van der Waals surface area contributed by atoms with Crippen molar-refractivity contribution in [3.8, 4) is 0 Å². The predicted molar refractivity (Wildman–Crippen MR) is 70.4 cm³/mol. The fraction of sp³-hybridized carbons (Fsp3) is 0.333. The molecule has 0 radical (unpaired) electrons. The minimum absolute atomic E-state index is 0.0799. The summed E-state index contributed by atoms with van der Waals surface area (Å²) >= 11 is 1.43. The molecular formula is C12H12FN3O2S. The lowest BCUT2D eigenvalue weighted by Crippen LogP contribution is -2.53. The van der Waals surface area contributed by atoms with Gasteiger partial charge in [0.05, 0.1) is 23.2 Å². The van der Waals surface area contributed by atoms with Crippen molar-refractivity contribution in [1.82, 2.24) is 10.5 Å². The van der Waals surface area contributed by atoms with E-state index < -0.39 is 0 Å². The van der Waals surface area contributed by atoms with Gasteiger partial charge in [-0.2, -0.15) is 0 Å². The topological polar surface area (TPSA) is 54.5 Å². The molecule has 1 fully saturated rings. The summed E-state index contributed by atoms with van der Waals surface area (Å²) in [7, 11) is 1.41. The summed E-state index contributed by atoms with van der Waals surface area (Å²) in [6.45, 7) is 1.22. The van der Waals surface area contributed by atoms with Crippen molar-refractivity contribution in [3.05, 3.63) is 24.0 Å². The van der Waals surface area contributed by atoms with Crippen LogP contribution in [0.5, 0.6) is 0 Å². The molecule has 1 aliphatic heterocycles. The number of carbonyl (C=O) groups is 1. The van der Waals surface area contributed by atoms with Crippen molar-refractivity contribution < 1.29 is 14.0 Å². The molecule has 7 heteroatoms. The summed E-state index contributed by atoms with van der Waals surface area (Å²) < 4.78 is 13.9. The molecule has 1 N–H and O–H groups in total. The largest absolute Gasteiger partial charge is 0.346 e. The first kappa shape index (κ1) is 12.3. The Labute approximate surface area is 112 Å². The van der Waals surface area contributed by atoms with E-state index in [1.54, 1.807) is 6.07 Å². The van der Waals surface area contributed by atoms with E-state index in [0.717, 1.165) is 15.3 Å². The molecule has 0 unspecified atom stereocenters. The zero-order valence-electron chi connectivity index (χ0n) is 10.2. The number of fused-ring (bicyclic) bond motifs is 1. The number of hydrogen-bond donors (Lipinski definition) is 1. The van der Waals surface area contributed by atoms with Gasteiger partial charge in [0.15, 0.2) is 5.13 Å². The molecular weight excluding hydrogens is 269 g/mol. The number of amides is 1. The molecule has 5 nitrogen and oxygen atoms in total. The summed E-state index contributed by atoms with van der Waals surface area (Å²) in [5.74, 6) is -0.460. The molecule has 100 valence electrons. The number of nitrogens with one attached hydrogen (secondary N) is 1. The first-order valence-electron chi connectivity index (χ1n) is 5.81. The highest BCUT2D eigenvalue weighted by molar-refractivity contribution is 7.22. The molecule has 1 aliphatic rings. The monoisotopic (exact) mass is 281 g/mol. The molecule has 1 aromatic heterocycles. The number of halogens is 1. The molecule has 0 spiro atoms. The van der Waals surface area contributed by atoms with E-state index >= 15 is 0 Å². The fourth-order valence-corrected chi connectivity index (χ4v) is 3.01. The third-order valence-corrected chi connectivity index (χ3v) is 4.14. The molecule has 0 saturated carbocycles. The van der Waals surface area contributed by atoms with E-state index in [1.807, 2.05) is 4.90 Å². The van der Waals surface area contributed by atoms with Gasteiger partial charge in [-0.1, -0.05) is 11.3 Å². The Hall–Kier alpha value is -1.73. The number of nitrogens with zero attached hydrogens (tertiary/aromatic N) is 2. The van der Waals surface area contributed by atoms with Crippen LogP contribution in [0.15, 0.2) is 18.2 Å². The molecule has 0 bridgehead atoms. The number of rotatable bonds is 3. The highest BCUT2D eigenvalue weighted by atomic mass is 32.1. The normalized spacial score (nSPS) is 15.6. The summed E-state index contributed by atoms with van der Waals surface area (Å²) in [5, 5.41) is 0.821. The maximum Gasteiger partial charge on any atom is 0.250 e. The van der Waals surface area contributed by atoms with Crippen molar-refractivity contribution >= 4 is 32.6 Å². The molecule has 2 aromatic rings. The number of hydroxylamine groups is 1. The first-order chi connectivity index (χ1) is 9.17. The van der Waals surface area contributed by atoms with Gasteiger partial charge in [-0.25, -0.2) is 14.9 Å². The molecule has 2 heterocycles. The molecule has 0 aliphatic carbocycles. The number of anilines is 1. The van der Waals surface area contributed by atoms with Gasteiger partial charge in [-0.3, -0.25) is 9.63 Å². The van der Waals surface area contributed by atoms with Crippen LogP contribution in [0, 0.1) is 11.7 Å². The fourth-order valence-electron chi connectivity index (χ4n) is 2.01. The Bertz CT molecular complexity index is 624. The number of aromatic nitrogens is 1. The highest BCUT2D eigenvalue weighted by Crippen LogP contribution is 2.33. The van der Waals surface area contributed by atoms with Crippen molar-refractivity contribution in [2.24, 2.45) is 5.92 Å².